The van der Waals surface area contributed by atoms with Crippen molar-refractivity contribution in [3.63, 3.8) is 0 Å². The van der Waals surface area contributed by atoms with E-state index < -0.39 is 5.66 Å². The zero-order chi connectivity index (χ0) is 19.8. The average molecular weight is 378 g/mol. The Bertz CT molecular complexity index is 866. The molecule has 2 aromatic carbocycles. The third kappa shape index (κ3) is 3.11. The molecule has 0 bridgehead atoms. The van der Waals surface area contributed by atoms with Crippen LogP contribution in [0.4, 0.5) is 4.79 Å². The maximum Gasteiger partial charge on any atom is 0.431 e. The van der Waals surface area contributed by atoms with Crippen LogP contribution in [0, 0.1) is 5.41 Å². The summed E-state index contributed by atoms with van der Waals surface area (Å²) in [5, 5.41) is 1.73. The minimum absolute atomic E-state index is 0.189. The van der Waals surface area contributed by atoms with Crippen LogP contribution in [0.5, 0.6) is 0 Å². The van der Waals surface area contributed by atoms with Crippen molar-refractivity contribution in [2.45, 2.75) is 38.7 Å². The number of methoxy groups -OCH3 is 1. The second kappa shape index (κ2) is 7.08. The lowest BCUT2D eigenvalue weighted by molar-refractivity contribution is -0.215. The van der Waals surface area contributed by atoms with Gasteiger partial charge in [0.05, 0.1) is 6.54 Å². The topological polar surface area (TPSA) is 42.0 Å². The van der Waals surface area contributed by atoms with Crippen molar-refractivity contribution >= 4 is 12.2 Å². The zero-order valence-electron chi connectivity index (χ0n) is 16.5. The van der Waals surface area contributed by atoms with E-state index in [1.54, 1.807) is 12.2 Å². The molecule has 4 rings (SSSR count). The SMILES string of the molecule is CO[C@@H]1N2OC(=O)N(Cc3ccccc3)[C@@]2(/C=C/c2ccccc2)CC1(C)C. The van der Waals surface area contributed by atoms with Crippen molar-refractivity contribution in [1.82, 2.24) is 9.96 Å². The van der Waals surface area contributed by atoms with Crippen molar-refractivity contribution in [1.29, 1.82) is 0 Å². The first-order valence-electron chi connectivity index (χ1n) is 9.56. The number of benzene rings is 2. The fraction of sp³-hybridized carbons (Fsp3) is 0.348. The largest absolute Gasteiger partial charge is 0.431 e. The molecule has 28 heavy (non-hydrogen) atoms. The van der Waals surface area contributed by atoms with Crippen molar-refractivity contribution < 1.29 is 14.4 Å². The molecule has 2 aliphatic rings. The highest BCUT2D eigenvalue weighted by molar-refractivity contribution is 5.72. The van der Waals surface area contributed by atoms with Crippen molar-refractivity contribution in [3.05, 3.63) is 77.9 Å². The van der Waals surface area contributed by atoms with Crippen LogP contribution < -0.4 is 0 Å². The average Bonchev–Trinajstić information content (AvgIpc) is 3.06. The molecule has 2 fully saturated rings. The quantitative estimate of drug-likeness (QED) is 0.758. The summed E-state index contributed by atoms with van der Waals surface area (Å²) in [6, 6.07) is 20.1. The summed E-state index contributed by atoms with van der Waals surface area (Å²) in [6.45, 7) is 4.76. The van der Waals surface area contributed by atoms with Gasteiger partial charge in [0.2, 0.25) is 0 Å². The number of hydrogen-bond donors (Lipinski definition) is 0. The first-order chi connectivity index (χ1) is 13.5. The van der Waals surface area contributed by atoms with E-state index in [4.69, 9.17) is 9.57 Å². The van der Waals surface area contributed by atoms with Crippen LogP contribution in [0.15, 0.2) is 66.7 Å². The predicted molar refractivity (Wildman–Crippen MR) is 108 cm³/mol. The third-order valence-corrected chi connectivity index (χ3v) is 5.59. The molecular weight excluding hydrogens is 352 g/mol. The number of carbonyl (C=O) groups is 1. The summed E-state index contributed by atoms with van der Waals surface area (Å²) < 4.78 is 5.75. The van der Waals surface area contributed by atoms with E-state index in [1.807, 2.05) is 65.6 Å². The summed E-state index contributed by atoms with van der Waals surface area (Å²) >= 11 is 0. The van der Waals surface area contributed by atoms with Crippen LogP contribution in [0.25, 0.3) is 6.08 Å². The lowest BCUT2D eigenvalue weighted by Gasteiger charge is -2.33. The Morgan fingerprint density at radius 2 is 1.75 bits per heavy atom. The normalized spacial score (nSPS) is 26.6. The Hall–Kier alpha value is -2.63. The first kappa shape index (κ1) is 18.7. The number of hydrogen-bond acceptors (Lipinski definition) is 4. The molecule has 0 aliphatic carbocycles. The molecule has 5 nitrogen and oxygen atoms in total. The van der Waals surface area contributed by atoms with Crippen LogP contribution in [0.1, 0.15) is 31.4 Å². The van der Waals surface area contributed by atoms with E-state index in [1.165, 1.54) is 0 Å². The summed E-state index contributed by atoms with van der Waals surface area (Å²) in [5.41, 5.74) is 1.25. The number of carbonyl (C=O) groups excluding carboxylic acids is 1. The van der Waals surface area contributed by atoms with Crippen molar-refractivity contribution in [2.24, 2.45) is 5.41 Å². The van der Waals surface area contributed by atoms with E-state index in [2.05, 4.69) is 26.0 Å². The summed E-state index contributed by atoms with van der Waals surface area (Å²) in [4.78, 5) is 20.4. The second-order valence-electron chi connectivity index (χ2n) is 8.13. The van der Waals surface area contributed by atoms with Crippen LogP contribution in [0.2, 0.25) is 0 Å². The fourth-order valence-corrected chi connectivity index (χ4v) is 4.39. The molecule has 1 amide bonds. The minimum atomic E-state index is -0.701. The zero-order valence-corrected chi connectivity index (χ0v) is 16.5. The number of ether oxygens (including phenoxy) is 1. The standard InChI is InChI=1S/C23H26N2O3/c1-22(2)17-23(15-14-18-10-6-4-7-11-18)24(16-19-12-8-5-9-13-19)21(26)28-25(23)20(22)27-3/h4-15,20H,16-17H2,1-3H3/b15-14+/t20-,23+/m0/s1. The lowest BCUT2D eigenvalue weighted by atomic mass is 9.85. The summed E-state index contributed by atoms with van der Waals surface area (Å²) in [6.07, 6.45) is 4.18. The van der Waals surface area contributed by atoms with Gasteiger partial charge in [-0.1, -0.05) is 85.7 Å². The minimum Gasteiger partial charge on any atom is -0.362 e. The molecular formula is C23H26N2O3. The molecule has 0 N–H and O–H groups in total. The highest BCUT2D eigenvalue weighted by atomic mass is 16.8. The Balaban J connectivity index is 1.76. The van der Waals surface area contributed by atoms with E-state index in [9.17, 15) is 4.79 Å². The maximum absolute atomic E-state index is 12.9. The molecule has 0 radical (unpaired) electrons. The highest BCUT2D eigenvalue weighted by Gasteiger charge is 2.65. The molecule has 2 aliphatic heterocycles. The van der Waals surface area contributed by atoms with Gasteiger partial charge in [0.1, 0.15) is 0 Å². The van der Waals surface area contributed by atoms with Gasteiger partial charge in [-0.15, -0.1) is 0 Å². The van der Waals surface area contributed by atoms with E-state index in [-0.39, 0.29) is 17.7 Å². The first-order valence-corrected chi connectivity index (χ1v) is 9.56. The molecule has 2 atom stereocenters. The Morgan fingerprint density at radius 1 is 1.11 bits per heavy atom. The molecule has 0 saturated carbocycles. The molecule has 5 heteroatoms. The van der Waals surface area contributed by atoms with Crippen LogP contribution in [-0.2, 0) is 16.1 Å². The Labute approximate surface area is 166 Å². The van der Waals surface area contributed by atoms with Gasteiger partial charge in [-0.05, 0) is 17.2 Å². The molecule has 2 heterocycles. The van der Waals surface area contributed by atoms with Crippen LogP contribution in [-0.4, -0.2) is 35.1 Å². The molecule has 2 aromatic rings. The van der Waals surface area contributed by atoms with E-state index in [0.29, 0.717) is 13.0 Å². The number of nitrogens with zero attached hydrogens (tertiary/aromatic N) is 2. The maximum atomic E-state index is 12.9. The highest BCUT2D eigenvalue weighted by Crippen LogP contribution is 2.52. The molecule has 0 unspecified atom stereocenters. The molecule has 2 saturated heterocycles. The van der Waals surface area contributed by atoms with Gasteiger partial charge in [-0.25, -0.2) is 4.79 Å². The summed E-state index contributed by atoms with van der Waals surface area (Å²) in [5.74, 6) is 0. The summed E-state index contributed by atoms with van der Waals surface area (Å²) in [7, 11) is 1.66. The lowest BCUT2D eigenvalue weighted by Crippen LogP contribution is -2.50. The van der Waals surface area contributed by atoms with Gasteiger partial charge >= 0.3 is 6.09 Å². The number of fused-ring (bicyclic) bond motifs is 1. The van der Waals surface area contributed by atoms with Gasteiger partial charge < -0.3 is 9.57 Å². The number of hydroxylamine groups is 2. The van der Waals surface area contributed by atoms with Gasteiger partial charge in [0.15, 0.2) is 11.9 Å². The van der Waals surface area contributed by atoms with E-state index in [0.717, 1.165) is 11.1 Å². The van der Waals surface area contributed by atoms with E-state index >= 15 is 0 Å². The van der Waals surface area contributed by atoms with Gasteiger partial charge in [0.25, 0.3) is 0 Å². The fourth-order valence-electron chi connectivity index (χ4n) is 4.39. The number of rotatable bonds is 5. The predicted octanol–water partition coefficient (Wildman–Crippen LogP) is 4.67. The molecule has 0 spiro atoms. The van der Waals surface area contributed by atoms with Gasteiger partial charge in [0, 0.05) is 18.9 Å². The number of amides is 1. The Morgan fingerprint density at radius 3 is 2.39 bits per heavy atom. The molecule has 146 valence electrons. The van der Waals surface area contributed by atoms with Crippen molar-refractivity contribution in [3.8, 4) is 0 Å². The monoisotopic (exact) mass is 378 g/mol. The van der Waals surface area contributed by atoms with Crippen LogP contribution in [0.3, 0.4) is 0 Å². The second-order valence-corrected chi connectivity index (χ2v) is 8.13. The smallest absolute Gasteiger partial charge is 0.362 e. The van der Waals surface area contributed by atoms with Gasteiger partial charge in [-0.3, -0.25) is 4.90 Å². The third-order valence-electron chi connectivity index (χ3n) is 5.59. The van der Waals surface area contributed by atoms with Crippen molar-refractivity contribution in [2.75, 3.05) is 7.11 Å². The van der Waals surface area contributed by atoms with Gasteiger partial charge in [-0.2, -0.15) is 0 Å². The van der Waals surface area contributed by atoms with Crippen LogP contribution >= 0.6 is 0 Å². The molecule has 0 aromatic heterocycles. The Kier molecular flexibility index (Phi) is 4.73.